The smallest absolute Gasteiger partial charge is 0.0426 e. The molecular formula is C16H24ClN3. The first-order valence-electron chi connectivity index (χ1n) is 7.74. The van der Waals surface area contributed by atoms with Crippen LogP contribution in [0.1, 0.15) is 25.7 Å². The predicted molar refractivity (Wildman–Crippen MR) is 85.5 cm³/mol. The molecule has 4 heteroatoms. The van der Waals surface area contributed by atoms with Crippen LogP contribution in [-0.4, -0.2) is 43.2 Å². The normalized spacial score (nSPS) is 28.6. The van der Waals surface area contributed by atoms with E-state index >= 15 is 0 Å². The summed E-state index contributed by atoms with van der Waals surface area (Å²) < 4.78 is 0. The summed E-state index contributed by atoms with van der Waals surface area (Å²) in [7, 11) is 0. The van der Waals surface area contributed by atoms with Crippen molar-refractivity contribution in [2.45, 2.75) is 37.8 Å². The predicted octanol–water partition coefficient (Wildman–Crippen LogP) is 2.73. The standard InChI is InChI=1S/C16H24ClN3/c17-13-4-3-5-14(12-13)19-8-10-20(11-9-19)16-7-2-1-6-15(16)18/h3-5,12,15-16H,1-2,6-11,18H2. The Hall–Kier alpha value is -0.770. The first kappa shape index (κ1) is 14.2. The molecule has 1 heterocycles. The van der Waals surface area contributed by atoms with E-state index in [1.807, 2.05) is 12.1 Å². The Balaban J connectivity index is 1.59. The van der Waals surface area contributed by atoms with E-state index in [1.54, 1.807) is 0 Å². The van der Waals surface area contributed by atoms with Crippen molar-refractivity contribution in [3.8, 4) is 0 Å². The van der Waals surface area contributed by atoms with Crippen LogP contribution in [0.5, 0.6) is 0 Å². The molecule has 3 nitrogen and oxygen atoms in total. The Morgan fingerprint density at radius 3 is 2.50 bits per heavy atom. The quantitative estimate of drug-likeness (QED) is 0.910. The molecule has 2 atom stereocenters. The van der Waals surface area contributed by atoms with Gasteiger partial charge >= 0.3 is 0 Å². The van der Waals surface area contributed by atoms with Gasteiger partial charge in [0, 0.05) is 49.0 Å². The van der Waals surface area contributed by atoms with Crippen LogP contribution in [0.2, 0.25) is 5.02 Å². The number of nitrogens with zero attached hydrogens (tertiary/aromatic N) is 2. The fraction of sp³-hybridized carbons (Fsp3) is 0.625. The highest BCUT2D eigenvalue weighted by Gasteiger charge is 2.29. The third kappa shape index (κ3) is 3.11. The van der Waals surface area contributed by atoms with Crippen LogP contribution in [0.3, 0.4) is 0 Å². The first-order chi connectivity index (χ1) is 9.74. The fourth-order valence-corrected chi connectivity index (χ4v) is 3.76. The van der Waals surface area contributed by atoms with Gasteiger partial charge in [-0.2, -0.15) is 0 Å². The van der Waals surface area contributed by atoms with Crippen molar-refractivity contribution >= 4 is 17.3 Å². The molecule has 0 radical (unpaired) electrons. The SMILES string of the molecule is NC1CCCCC1N1CCN(c2cccc(Cl)c2)CC1. The number of halogens is 1. The van der Waals surface area contributed by atoms with Gasteiger partial charge in [-0.3, -0.25) is 4.90 Å². The number of rotatable bonds is 2. The van der Waals surface area contributed by atoms with Gasteiger partial charge in [0.25, 0.3) is 0 Å². The second kappa shape index (κ2) is 6.33. The minimum absolute atomic E-state index is 0.376. The summed E-state index contributed by atoms with van der Waals surface area (Å²) in [6.07, 6.45) is 5.12. The largest absolute Gasteiger partial charge is 0.369 e. The molecule has 1 saturated carbocycles. The lowest BCUT2D eigenvalue weighted by atomic mass is 9.89. The van der Waals surface area contributed by atoms with Crippen LogP contribution in [0.4, 0.5) is 5.69 Å². The average Bonchev–Trinajstić information content (AvgIpc) is 2.48. The van der Waals surface area contributed by atoms with Gasteiger partial charge in [-0.15, -0.1) is 0 Å². The molecule has 3 rings (SSSR count). The Bertz CT molecular complexity index is 443. The molecule has 0 aromatic heterocycles. The van der Waals surface area contributed by atoms with Gasteiger partial charge in [-0.1, -0.05) is 30.5 Å². The molecule has 0 amide bonds. The summed E-state index contributed by atoms with van der Waals surface area (Å²) in [5.41, 5.74) is 7.54. The molecule has 2 unspecified atom stereocenters. The van der Waals surface area contributed by atoms with Gasteiger partial charge < -0.3 is 10.6 Å². The molecule has 0 spiro atoms. The van der Waals surface area contributed by atoms with Crippen molar-refractivity contribution in [1.82, 2.24) is 4.90 Å². The van der Waals surface area contributed by atoms with Gasteiger partial charge in [0.1, 0.15) is 0 Å². The molecular weight excluding hydrogens is 270 g/mol. The van der Waals surface area contributed by atoms with Gasteiger partial charge in [0.2, 0.25) is 0 Å². The van der Waals surface area contributed by atoms with E-state index in [0.717, 1.165) is 31.2 Å². The van der Waals surface area contributed by atoms with Crippen molar-refractivity contribution in [1.29, 1.82) is 0 Å². The topological polar surface area (TPSA) is 32.5 Å². The zero-order valence-electron chi connectivity index (χ0n) is 12.0. The minimum Gasteiger partial charge on any atom is -0.369 e. The van der Waals surface area contributed by atoms with Gasteiger partial charge in [0.15, 0.2) is 0 Å². The van der Waals surface area contributed by atoms with E-state index in [0.29, 0.717) is 12.1 Å². The van der Waals surface area contributed by atoms with Crippen molar-refractivity contribution in [2.75, 3.05) is 31.1 Å². The maximum Gasteiger partial charge on any atom is 0.0426 e. The Labute approximate surface area is 126 Å². The van der Waals surface area contributed by atoms with E-state index < -0.39 is 0 Å². The van der Waals surface area contributed by atoms with Crippen LogP contribution in [0, 0.1) is 0 Å². The number of piperazine rings is 1. The van der Waals surface area contributed by atoms with Gasteiger partial charge in [-0.25, -0.2) is 0 Å². The molecule has 1 aliphatic heterocycles. The minimum atomic E-state index is 0.376. The number of anilines is 1. The summed E-state index contributed by atoms with van der Waals surface area (Å²) in [4.78, 5) is 5.03. The zero-order valence-corrected chi connectivity index (χ0v) is 12.7. The third-order valence-corrected chi connectivity index (χ3v) is 4.97. The molecule has 1 saturated heterocycles. The van der Waals surface area contributed by atoms with Gasteiger partial charge in [-0.05, 0) is 31.0 Å². The highest BCUT2D eigenvalue weighted by atomic mass is 35.5. The second-order valence-corrected chi connectivity index (χ2v) is 6.45. The lowest BCUT2D eigenvalue weighted by Gasteiger charge is -2.43. The van der Waals surface area contributed by atoms with Crippen LogP contribution in [0.25, 0.3) is 0 Å². The number of benzene rings is 1. The molecule has 2 aliphatic rings. The Morgan fingerprint density at radius 2 is 1.80 bits per heavy atom. The van der Waals surface area contributed by atoms with Crippen LogP contribution in [-0.2, 0) is 0 Å². The van der Waals surface area contributed by atoms with Crippen molar-refractivity contribution < 1.29 is 0 Å². The second-order valence-electron chi connectivity index (χ2n) is 6.02. The monoisotopic (exact) mass is 293 g/mol. The van der Waals surface area contributed by atoms with Gasteiger partial charge in [0.05, 0.1) is 0 Å². The van der Waals surface area contributed by atoms with E-state index in [2.05, 4.69) is 21.9 Å². The number of nitrogens with two attached hydrogens (primary N) is 1. The maximum atomic E-state index is 6.30. The highest BCUT2D eigenvalue weighted by molar-refractivity contribution is 6.30. The van der Waals surface area contributed by atoms with Crippen molar-refractivity contribution in [3.63, 3.8) is 0 Å². The summed E-state index contributed by atoms with van der Waals surface area (Å²) in [6.45, 7) is 4.38. The molecule has 20 heavy (non-hydrogen) atoms. The molecule has 1 aliphatic carbocycles. The van der Waals surface area contributed by atoms with Crippen LogP contribution >= 0.6 is 11.6 Å². The molecule has 2 N–H and O–H groups in total. The Morgan fingerprint density at radius 1 is 1.05 bits per heavy atom. The van der Waals surface area contributed by atoms with E-state index in [-0.39, 0.29) is 0 Å². The van der Waals surface area contributed by atoms with Crippen LogP contribution in [0.15, 0.2) is 24.3 Å². The molecule has 1 aromatic rings. The highest BCUT2D eigenvalue weighted by Crippen LogP contribution is 2.25. The summed E-state index contributed by atoms with van der Waals surface area (Å²) >= 11 is 6.08. The fourth-order valence-electron chi connectivity index (χ4n) is 3.58. The van der Waals surface area contributed by atoms with E-state index in [4.69, 9.17) is 17.3 Å². The van der Waals surface area contributed by atoms with Crippen molar-refractivity contribution in [2.24, 2.45) is 5.73 Å². The lowest BCUT2D eigenvalue weighted by Crippen LogP contribution is -2.56. The van der Waals surface area contributed by atoms with Crippen molar-refractivity contribution in [3.05, 3.63) is 29.3 Å². The first-order valence-corrected chi connectivity index (χ1v) is 8.12. The molecule has 1 aromatic carbocycles. The summed E-state index contributed by atoms with van der Waals surface area (Å²) in [6, 6.07) is 9.15. The molecule has 110 valence electrons. The van der Waals surface area contributed by atoms with E-state index in [9.17, 15) is 0 Å². The molecule has 2 fully saturated rings. The summed E-state index contributed by atoms with van der Waals surface area (Å²) in [5.74, 6) is 0. The Kier molecular flexibility index (Phi) is 4.49. The average molecular weight is 294 g/mol. The third-order valence-electron chi connectivity index (χ3n) is 4.74. The zero-order chi connectivity index (χ0) is 13.9. The number of hydrogen-bond donors (Lipinski definition) is 1. The molecule has 0 bridgehead atoms. The van der Waals surface area contributed by atoms with E-state index in [1.165, 1.54) is 31.4 Å². The maximum absolute atomic E-state index is 6.30. The van der Waals surface area contributed by atoms with Crippen LogP contribution < -0.4 is 10.6 Å². The lowest BCUT2D eigenvalue weighted by molar-refractivity contribution is 0.130. The number of hydrogen-bond acceptors (Lipinski definition) is 3. The summed E-state index contributed by atoms with van der Waals surface area (Å²) in [5, 5.41) is 0.819.